The Labute approximate surface area is 157 Å². The molecule has 1 atom stereocenters. The van der Waals surface area contributed by atoms with Crippen molar-refractivity contribution in [1.29, 1.82) is 0 Å². The minimum absolute atomic E-state index is 0.136. The molecule has 0 spiro atoms. The minimum atomic E-state index is -0.195. The molecule has 132 valence electrons. The molecule has 2 N–H and O–H groups in total. The molecule has 1 unspecified atom stereocenters. The molecular formula is C21H21N3OS. The number of hydrogen-bond acceptors (Lipinski definition) is 4. The zero-order valence-corrected chi connectivity index (χ0v) is 15.2. The molecular weight excluding hydrogens is 342 g/mol. The number of amides is 1. The van der Waals surface area contributed by atoms with Gasteiger partial charge in [0.25, 0.3) is 5.91 Å². The van der Waals surface area contributed by atoms with Crippen LogP contribution in [0.2, 0.25) is 0 Å². The molecule has 4 nitrogen and oxygen atoms in total. The summed E-state index contributed by atoms with van der Waals surface area (Å²) in [6.07, 6.45) is 2.25. The van der Waals surface area contributed by atoms with Crippen molar-refractivity contribution in [2.45, 2.75) is 24.9 Å². The van der Waals surface area contributed by atoms with Crippen LogP contribution in [-0.4, -0.2) is 17.4 Å². The first-order valence-electron chi connectivity index (χ1n) is 8.91. The number of thiazole rings is 1. The highest BCUT2D eigenvalue weighted by Crippen LogP contribution is 2.27. The fourth-order valence-corrected chi connectivity index (χ4v) is 4.21. The molecule has 26 heavy (non-hydrogen) atoms. The molecule has 3 aromatic rings. The molecule has 1 fully saturated rings. The fraction of sp³-hybridized carbons (Fsp3) is 0.238. The van der Waals surface area contributed by atoms with Gasteiger partial charge in [-0.15, -0.1) is 11.3 Å². The highest BCUT2D eigenvalue weighted by atomic mass is 32.1. The van der Waals surface area contributed by atoms with Crippen LogP contribution >= 0.6 is 11.3 Å². The normalized spacial score (nSPS) is 16.7. The maximum Gasteiger partial charge on any atom is 0.271 e. The quantitative estimate of drug-likeness (QED) is 0.718. The molecule has 1 amide bonds. The second-order valence-electron chi connectivity index (χ2n) is 6.45. The Morgan fingerprint density at radius 1 is 1.08 bits per heavy atom. The predicted molar refractivity (Wildman–Crippen MR) is 104 cm³/mol. The van der Waals surface area contributed by atoms with E-state index in [0.29, 0.717) is 11.7 Å². The number of carbonyl (C=O) groups excluding carboxylic acids is 1. The number of hydrogen-bond donors (Lipinski definition) is 2. The second kappa shape index (κ2) is 7.81. The van der Waals surface area contributed by atoms with Gasteiger partial charge in [0.05, 0.1) is 12.1 Å². The lowest BCUT2D eigenvalue weighted by molar-refractivity contribution is 0.0938. The van der Waals surface area contributed by atoms with Gasteiger partial charge in [-0.05, 0) is 30.5 Å². The summed E-state index contributed by atoms with van der Waals surface area (Å²) in [5, 5.41) is 9.45. The Balaban J connectivity index is 1.56. The average molecular weight is 363 g/mol. The highest BCUT2D eigenvalue weighted by Gasteiger charge is 2.23. The van der Waals surface area contributed by atoms with Crippen molar-refractivity contribution in [2.75, 3.05) is 6.54 Å². The van der Waals surface area contributed by atoms with Crippen molar-refractivity contribution in [1.82, 2.24) is 15.6 Å². The first-order chi connectivity index (χ1) is 12.8. The smallest absolute Gasteiger partial charge is 0.271 e. The van der Waals surface area contributed by atoms with Crippen molar-refractivity contribution in [3.8, 4) is 0 Å². The summed E-state index contributed by atoms with van der Waals surface area (Å²) in [6.45, 7) is 1.02. The van der Waals surface area contributed by atoms with Crippen molar-refractivity contribution < 1.29 is 4.79 Å². The van der Waals surface area contributed by atoms with Crippen molar-refractivity contribution >= 4 is 17.2 Å². The van der Waals surface area contributed by atoms with Gasteiger partial charge >= 0.3 is 0 Å². The molecule has 1 aliphatic rings. The van der Waals surface area contributed by atoms with Crippen LogP contribution in [0.25, 0.3) is 0 Å². The Morgan fingerprint density at radius 3 is 2.31 bits per heavy atom. The molecule has 2 aromatic carbocycles. The molecule has 1 aliphatic heterocycles. The highest BCUT2D eigenvalue weighted by molar-refractivity contribution is 7.09. The number of aromatic nitrogens is 1. The van der Waals surface area contributed by atoms with Gasteiger partial charge in [0.15, 0.2) is 0 Å². The van der Waals surface area contributed by atoms with Gasteiger partial charge in [0, 0.05) is 5.38 Å². The summed E-state index contributed by atoms with van der Waals surface area (Å²) in [5.41, 5.74) is 2.61. The maximum absolute atomic E-state index is 12.8. The van der Waals surface area contributed by atoms with E-state index in [1.807, 2.05) is 66.0 Å². The van der Waals surface area contributed by atoms with E-state index in [-0.39, 0.29) is 11.9 Å². The lowest BCUT2D eigenvalue weighted by atomic mass is 9.98. The van der Waals surface area contributed by atoms with E-state index in [1.165, 1.54) is 0 Å². The van der Waals surface area contributed by atoms with E-state index in [2.05, 4.69) is 15.6 Å². The average Bonchev–Trinajstić information content (AvgIpc) is 3.39. The number of benzene rings is 2. The first-order valence-corrected chi connectivity index (χ1v) is 9.79. The summed E-state index contributed by atoms with van der Waals surface area (Å²) in [6, 6.07) is 20.2. The molecule has 1 aromatic heterocycles. The second-order valence-corrected chi connectivity index (χ2v) is 7.34. The van der Waals surface area contributed by atoms with Crippen LogP contribution in [0.1, 0.15) is 51.5 Å². The van der Waals surface area contributed by atoms with E-state index in [1.54, 1.807) is 11.3 Å². The van der Waals surface area contributed by atoms with Gasteiger partial charge in [-0.1, -0.05) is 60.7 Å². The predicted octanol–water partition coefficient (Wildman–Crippen LogP) is 4.09. The summed E-state index contributed by atoms with van der Waals surface area (Å²) in [4.78, 5) is 17.4. The molecule has 4 rings (SSSR count). The van der Waals surface area contributed by atoms with Crippen LogP contribution in [0.4, 0.5) is 0 Å². The third-order valence-corrected chi connectivity index (χ3v) is 5.61. The van der Waals surface area contributed by atoms with E-state index >= 15 is 0 Å². The van der Waals surface area contributed by atoms with Crippen LogP contribution < -0.4 is 10.6 Å². The van der Waals surface area contributed by atoms with Gasteiger partial charge in [-0.25, -0.2) is 4.98 Å². The van der Waals surface area contributed by atoms with Gasteiger partial charge in [-0.3, -0.25) is 4.79 Å². The summed E-state index contributed by atoms with van der Waals surface area (Å²) < 4.78 is 0. The van der Waals surface area contributed by atoms with E-state index < -0.39 is 0 Å². The SMILES string of the molecule is O=C(NC(c1ccccc1)c1ccccc1)c1csc(C2CCCN2)n1. The van der Waals surface area contributed by atoms with Crippen LogP contribution in [0.3, 0.4) is 0 Å². The van der Waals surface area contributed by atoms with Crippen LogP contribution in [0.15, 0.2) is 66.0 Å². The van der Waals surface area contributed by atoms with Crippen LogP contribution in [0.5, 0.6) is 0 Å². The lowest BCUT2D eigenvalue weighted by Crippen LogP contribution is -2.29. The van der Waals surface area contributed by atoms with Crippen molar-refractivity contribution in [2.24, 2.45) is 0 Å². The topological polar surface area (TPSA) is 54.0 Å². The third-order valence-electron chi connectivity index (χ3n) is 4.65. The fourth-order valence-electron chi connectivity index (χ4n) is 3.30. The molecule has 1 saturated heterocycles. The molecule has 5 heteroatoms. The van der Waals surface area contributed by atoms with Gasteiger partial charge in [0.2, 0.25) is 0 Å². The van der Waals surface area contributed by atoms with E-state index in [4.69, 9.17) is 0 Å². The molecule has 0 saturated carbocycles. The van der Waals surface area contributed by atoms with Gasteiger partial charge in [0.1, 0.15) is 10.7 Å². The third kappa shape index (κ3) is 3.69. The van der Waals surface area contributed by atoms with Gasteiger partial charge in [-0.2, -0.15) is 0 Å². The Hall–Kier alpha value is -2.50. The largest absolute Gasteiger partial charge is 0.340 e. The molecule has 0 bridgehead atoms. The standard InChI is InChI=1S/C21H21N3OS/c25-20(18-14-26-21(23-18)17-12-7-13-22-17)24-19(15-8-3-1-4-9-15)16-10-5-2-6-11-16/h1-6,8-11,14,17,19,22H,7,12-13H2,(H,24,25). The monoisotopic (exact) mass is 363 g/mol. The number of carbonyl (C=O) groups is 1. The summed E-state index contributed by atoms with van der Waals surface area (Å²) in [5.74, 6) is -0.136. The van der Waals surface area contributed by atoms with E-state index in [9.17, 15) is 4.79 Å². The van der Waals surface area contributed by atoms with Crippen LogP contribution in [-0.2, 0) is 0 Å². The molecule has 0 radical (unpaired) electrons. The van der Waals surface area contributed by atoms with E-state index in [0.717, 1.165) is 35.5 Å². The Kier molecular flexibility index (Phi) is 5.09. The number of nitrogens with zero attached hydrogens (tertiary/aromatic N) is 1. The maximum atomic E-state index is 12.8. The first kappa shape index (κ1) is 16.9. The zero-order chi connectivity index (χ0) is 17.8. The number of rotatable bonds is 5. The summed E-state index contributed by atoms with van der Waals surface area (Å²) in [7, 11) is 0. The Morgan fingerprint density at radius 2 is 1.73 bits per heavy atom. The molecule has 0 aliphatic carbocycles. The van der Waals surface area contributed by atoms with Crippen molar-refractivity contribution in [3.05, 3.63) is 87.9 Å². The zero-order valence-electron chi connectivity index (χ0n) is 14.4. The van der Waals surface area contributed by atoms with Crippen molar-refractivity contribution in [3.63, 3.8) is 0 Å². The lowest BCUT2D eigenvalue weighted by Gasteiger charge is -2.19. The van der Waals surface area contributed by atoms with Gasteiger partial charge < -0.3 is 10.6 Å². The summed E-state index contributed by atoms with van der Waals surface area (Å²) >= 11 is 1.56. The minimum Gasteiger partial charge on any atom is -0.340 e. The Bertz CT molecular complexity index is 818. The number of nitrogens with one attached hydrogen (secondary N) is 2. The molecule has 2 heterocycles. The van der Waals surface area contributed by atoms with Crippen LogP contribution in [0, 0.1) is 0 Å².